The lowest BCUT2D eigenvalue weighted by Gasteiger charge is -2.18. The summed E-state index contributed by atoms with van der Waals surface area (Å²) in [6.07, 6.45) is -3.54. The molecule has 1 aromatic rings. The van der Waals surface area contributed by atoms with Gasteiger partial charge in [-0.2, -0.15) is 13.2 Å². The molecule has 0 radical (unpaired) electrons. The average Bonchev–Trinajstić information content (AvgIpc) is 2.14. The first-order chi connectivity index (χ1) is 7.37. The topological polar surface area (TPSA) is 3.24 Å². The maximum Gasteiger partial charge on any atom is 0.401 e. The molecular formula is C11H13ClF3N. The second kappa shape index (κ2) is 5.55. The van der Waals surface area contributed by atoms with Crippen LogP contribution in [0.15, 0.2) is 24.3 Å². The standard InChI is InChI=1S/C11H13ClF3N/c1-16(8-11(13,14)15)7-6-9-2-4-10(12)5-3-9/h2-5H,6-8H2,1H3. The van der Waals surface area contributed by atoms with Crippen molar-refractivity contribution in [2.75, 3.05) is 20.1 Å². The number of hydrogen-bond donors (Lipinski definition) is 0. The maximum absolute atomic E-state index is 12.0. The Morgan fingerprint density at radius 3 is 2.25 bits per heavy atom. The molecule has 0 aliphatic rings. The highest BCUT2D eigenvalue weighted by Gasteiger charge is 2.28. The Hall–Kier alpha value is -0.740. The van der Waals surface area contributed by atoms with Gasteiger partial charge in [0.05, 0.1) is 6.54 Å². The molecule has 0 fully saturated rings. The minimum Gasteiger partial charge on any atom is -0.298 e. The Bertz CT molecular complexity index is 321. The molecule has 16 heavy (non-hydrogen) atoms. The first-order valence-corrected chi connectivity index (χ1v) is 5.24. The van der Waals surface area contributed by atoms with E-state index in [1.54, 1.807) is 12.1 Å². The van der Waals surface area contributed by atoms with Gasteiger partial charge in [0.15, 0.2) is 0 Å². The second-order valence-electron chi connectivity index (χ2n) is 3.73. The molecule has 0 aliphatic carbocycles. The van der Waals surface area contributed by atoms with Crippen LogP contribution in [0.5, 0.6) is 0 Å². The van der Waals surface area contributed by atoms with Crippen molar-refractivity contribution in [2.45, 2.75) is 12.6 Å². The van der Waals surface area contributed by atoms with Crippen LogP contribution in [0.25, 0.3) is 0 Å². The van der Waals surface area contributed by atoms with Gasteiger partial charge in [0, 0.05) is 11.6 Å². The van der Waals surface area contributed by atoms with Gasteiger partial charge in [-0.1, -0.05) is 23.7 Å². The summed E-state index contributed by atoms with van der Waals surface area (Å²) in [5.41, 5.74) is 0.985. The lowest BCUT2D eigenvalue weighted by molar-refractivity contribution is -0.142. The lowest BCUT2D eigenvalue weighted by atomic mass is 10.1. The lowest BCUT2D eigenvalue weighted by Crippen LogP contribution is -2.32. The highest BCUT2D eigenvalue weighted by atomic mass is 35.5. The van der Waals surface area contributed by atoms with Gasteiger partial charge in [0.1, 0.15) is 0 Å². The largest absolute Gasteiger partial charge is 0.401 e. The van der Waals surface area contributed by atoms with Crippen LogP contribution in [0.1, 0.15) is 5.56 Å². The summed E-state index contributed by atoms with van der Waals surface area (Å²) in [7, 11) is 1.46. The normalized spacial score (nSPS) is 12.1. The van der Waals surface area contributed by atoms with Crippen LogP contribution in [0.3, 0.4) is 0 Å². The van der Waals surface area contributed by atoms with Crippen molar-refractivity contribution in [3.63, 3.8) is 0 Å². The van der Waals surface area contributed by atoms with Crippen LogP contribution in [-0.4, -0.2) is 31.2 Å². The van der Waals surface area contributed by atoms with Gasteiger partial charge in [0.25, 0.3) is 0 Å². The fourth-order valence-corrected chi connectivity index (χ4v) is 1.48. The van der Waals surface area contributed by atoms with Crippen LogP contribution in [-0.2, 0) is 6.42 Å². The number of hydrogen-bond acceptors (Lipinski definition) is 1. The van der Waals surface area contributed by atoms with Gasteiger partial charge in [-0.05, 0) is 31.2 Å². The van der Waals surface area contributed by atoms with Gasteiger partial charge in [-0.25, -0.2) is 0 Å². The Morgan fingerprint density at radius 1 is 1.19 bits per heavy atom. The van der Waals surface area contributed by atoms with Crippen LogP contribution < -0.4 is 0 Å². The van der Waals surface area contributed by atoms with Crippen molar-refractivity contribution in [3.05, 3.63) is 34.9 Å². The van der Waals surface area contributed by atoms with E-state index in [0.717, 1.165) is 5.56 Å². The first-order valence-electron chi connectivity index (χ1n) is 4.86. The van der Waals surface area contributed by atoms with Crippen molar-refractivity contribution in [1.29, 1.82) is 0 Å². The fraction of sp³-hybridized carbons (Fsp3) is 0.455. The van der Waals surface area contributed by atoms with E-state index in [4.69, 9.17) is 11.6 Å². The number of rotatable bonds is 4. The molecule has 5 heteroatoms. The molecule has 1 aromatic carbocycles. The van der Waals surface area contributed by atoms with Gasteiger partial charge in [0.2, 0.25) is 0 Å². The van der Waals surface area contributed by atoms with E-state index in [0.29, 0.717) is 18.0 Å². The Morgan fingerprint density at radius 2 is 1.75 bits per heavy atom. The summed E-state index contributed by atoms with van der Waals surface area (Å²) in [6, 6.07) is 7.12. The molecular weight excluding hydrogens is 239 g/mol. The summed E-state index contributed by atoms with van der Waals surface area (Å²) in [5.74, 6) is 0. The van der Waals surface area contributed by atoms with Crippen LogP contribution in [0.4, 0.5) is 13.2 Å². The van der Waals surface area contributed by atoms with E-state index in [-0.39, 0.29) is 0 Å². The molecule has 1 nitrogen and oxygen atoms in total. The SMILES string of the molecule is CN(CCc1ccc(Cl)cc1)CC(F)(F)F. The Balaban J connectivity index is 2.37. The predicted molar refractivity (Wildman–Crippen MR) is 58.7 cm³/mol. The highest BCUT2D eigenvalue weighted by molar-refractivity contribution is 6.30. The Kier molecular flexibility index (Phi) is 4.62. The summed E-state index contributed by atoms with van der Waals surface area (Å²) < 4.78 is 36.1. The fourth-order valence-electron chi connectivity index (χ4n) is 1.36. The average molecular weight is 252 g/mol. The summed E-state index contributed by atoms with van der Waals surface area (Å²) >= 11 is 5.70. The van der Waals surface area contributed by atoms with Crippen molar-refractivity contribution in [2.24, 2.45) is 0 Å². The first kappa shape index (κ1) is 13.3. The minimum atomic E-state index is -4.13. The highest BCUT2D eigenvalue weighted by Crippen LogP contribution is 2.16. The summed E-state index contributed by atoms with van der Waals surface area (Å²) in [5, 5.41) is 0.632. The molecule has 0 amide bonds. The van der Waals surface area contributed by atoms with E-state index >= 15 is 0 Å². The smallest absolute Gasteiger partial charge is 0.298 e. The molecule has 0 aromatic heterocycles. The molecule has 1 rings (SSSR count). The zero-order valence-corrected chi connectivity index (χ0v) is 9.65. The van der Waals surface area contributed by atoms with Crippen molar-refractivity contribution in [1.82, 2.24) is 4.90 Å². The van der Waals surface area contributed by atoms with Gasteiger partial charge >= 0.3 is 6.18 Å². The number of benzene rings is 1. The van der Waals surface area contributed by atoms with Crippen molar-refractivity contribution >= 4 is 11.6 Å². The number of halogens is 4. The zero-order chi connectivity index (χ0) is 12.2. The number of likely N-dealkylation sites (N-methyl/N-ethyl adjacent to an activating group) is 1. The molecule has 0 saturated carbocycles. The van der Waals surface area contributed by atoms with Crippen molar-refractivity contribution < 1.29 is 13.2 Å². The monoisotopic (exact) mass is 251 g/mol. The minimum absolute atomic E-state index is 0.376. The van der Waals surface area contributed by atoms with E-state index in [9.17, 15) is 13.2 Å². The zero-order valence-electron chi connectivity index (χ0n) is 8.89. The maximum atomic E-state index is 12.0. The molecule has 0 spiro atoms. The van der Waals surface area contributed by atoms with Crippen LogP contribution in [0.2, 0.25) is 5.02 Å². The molecule has 0 saturated heterocycles. The van der Waals surface area contributed by atoms with Gasteiger partial charge in [-0.15, -0.1) is 0 Å². The van der Waals surface area contributed by atoms with E-state index in [1.165, 1.54) is 11.9 Å². The third-order valence-corrected chi connectivity index (χ3v) is 2.40. The third-order valence-electron chi connectivity index (χ3n) is 2.14. The van der Waals surface area contributed by atoms with E-state index in [2.05, 4.69) is 0 Å². The van der Waals surface area contributed by atoms with Crippen molar-refractivity contribution in [3.8, 4) is 0 Å². The van der Waals surface area contributed by atoms with Crippen LogP contribution >= 0.6 is 11.6 Å². The molecule has 0 atom stereocenters. The summed E-state index contributed by atoms with van der Waals surface area (Å²) in [4.78, 5) is 1.26. The number of alkyl halides is 3. The molecule has 0 unspecified atom stereocenters. The van der Waals surface area contributed by atoms with Gasteiger partial charge < -0.3 is 0 Å². The molecule has 0 bridgehead atoms. The van der Waals surface area contributed by atoms with E-state index in [1.807, 2.05) is 12.1 Å². The number of nitrogens with zero attached hydrogens (tertiary/aromatic N) is 1. The van der Waals surface area contributed by atoms with Gasteiger partial charge in [-0.3, -0.25) is 4.90 Å². The molecule has 90 valence electrons. The quantitative estimate of drug-likeness (QED) is 0.793. The third kappa shape index (κ3) is 5.37. The summed E-state index contributed by atoms with van der Waals surface area (Å²) in [6.45, 7) is -0.498. The molecule has 0 heterocycles. The Labute approximate surface area is 97.8 Å². The van der Waals surface area contributed by atoms with E-state index < -0.39 is 12.7 Å². The second-order valence-corrected chi connectivity index (χ2v) is 4.17. The molecule has 0 aliphatic heterocycles. The molecule has 0 N–H and O–H groups in total. The van der Waals surface area contributed by atoms with Crippen LogP contribution in [0, 0.1) is 0 Å². The predicted octanol–water partition coefficient (Wildman–Crippen LogP) is 3.38.